The van der Waals surface area contributed by atoms with E-state index in [1.54, 1.807) is 6.08 Å². The van der Waals surface area contributed by atoms with Gasteiger partial charge in [-0.05, 0) is 35.9 Å². The molecule has 0 saturated heterocycles. The molecule has 23 heavy (non-hydrogen) atoms. The Balaban J connectivity index is 1.78. The molecule has 0 amide bonds. The van der Waals surface area contributed by atoms with E-state index in [-0.39, 0.29) is 11.9 Å². The van der Waals surface area contributed by atoms with Crippen LogP contribution in [-0.2, 0) is 0 Å². The van der Waals surface area contributed by atoms with Crippen molar-refractivity contribution in [2.24, 2.45) is 0 Å². The molecule has 0 aliphatic rings. The number of para-hydroxylation sites is 1. The van der Waals surface area contributed by atoms with E-state index in [1.165, 1.54) is 0 Å². The van der Waals surface area contributed by atoms with Gasteiger partial charge in [0.2, 0.25) is 11.9 Å². The molecule has 2 aromatic carbocycles. The summed E-state index contributed by atoms with van der Waals surface area (Å²) in [5.41, 5.74) is 12.0. The molecular weight excluding hydrogens is 290 g/mol. The standard InChI is InChI=1S/C17H15N5O/c18-16-20-15(21-17(19)22-16)10-9-12-5-4-8-14(11-12)23-13-6-2-1-3-7-13/h1-11H,(H4,18,19,20,21,22)/b10-9+. The third-order valence-corrected chi connectivity index (χ3v) is 2.95. The van der Waals surface area contributed by atoms with Gasteiger partial charge in [-0.15, -0.1) is 0 Å². The lowest BCUT2D eigenvalue weighted by Crippen LogP contribution is -2.04. The molecule has 6 heteroatoms. The first-order chi connectivity index (χ1) is 11.2. The molecule has 0 unspecified atom stereocenters. The highest BCUT2D eigenvalue weighted by atomic mass is 16.5. The number of benzene rings is 2. The lowest BCUT2D eigenvalue weighted by molar-refractivity contribution is 0.482. The summed E-state index contributed by atoms with van der Waals surface area (Å²) < 4.78 is 5.79. The van der Waals surface area contributed by atoms with Crippen LogP contribution in [0.3, 0.4) is 0 Å². The summed E-state index contributed by atoms with van der Waals surface area (Å²) >= 11 is 0. The minimum Gasteiger partial charge on any atom is -0.457 e. The first-order valence-corrected chi connectivity index (χ1v) is 6.97. The number of anilines is 2. The highest BCUT2D eigenvalue weighted by molar-refractivity contribution is 5.67. The van der Waals surface area contributed by atoms with E-state index in [0.717, 1.165) is 17.1 Å². The maximum atomic E-state index is 5.79. The maximum Gasteiger partial charge on any atom is 0.225 e. The average molecular weight is 305 g/mol. The van der Waals surface area contributed by atoms with Crippen LogP contribution in [0.5, 0.6) is 11.5 Å². The lowest BCUT2D eigenvalue weighted by atomic mass is 10.2. The van der Waals surface area contributed by atoms with Crippen LogP contribution in [0, 0.1) is 0 Å². The second kappa shape index (κ2) is 6.57. The van der Waals surface area contributed by atoms with Crippen LogP contribution in [0.15, 0.2) is 54.6 Å². The Morgan fingerprint density at radius 3 is 2.17 bits per heavy atom. The second-order valence-electron chi connectivity index (χ2n) is 4.73. The highest BCUT2D eigenvalue weighted by Crippen LogP contribution is 2.22. The van der Waals surface area contributed by atoms with Crippen molar-refractivity contribution >= 4 is 24.0 Å². The second-order valence-corrected chi connectivity index (χ2v) is 4.73. The fourth-order valence-electron chi connectivity index (χ4n) is 1.98. The molecule has 1 aromatic heterocycles. The zero-order chi connectivity index (χ0) is 16.1. The number of nitrogens with zero attached hydrogens (tertiary/aromatic N) is 3. The van der Waals surface area contributed by atoms with Crippen molar-refractivity contribution in [1.82, 2.24) is 15.0 Å². The topological polar surface area (TPSA) is 99.9 Å². The van der Waals surface area contributed by atoms with E-state index in [4.69, 9.17) is 16.2 Å². The smallest absolute Gasteiger partial charge is 0.225 e. The summed E-state index contributed by atoms with van der Waals surface area (Å²) in [7, 11) is 0. The number of rotatable bonds is 4. The number of nitrogen functional groups attached to an aromatic ring is 2. The fourth-order valence-corrected chi connectivity index (χ4v) is 1.98. The molecule has 1 heterocycles. The first-order valence-electron chi connectivity index (χ1n) is 6.97. The number of ether oxygens (including phenoxy) is 1. The molecule has 3 rings (SSSR count). The molecule has 114 valence electrons. The summed E-state index contributed by atoms with van der Waals surface area (Å²) in [4.78, 5) is 11.7. The molecular formula is C17H15N5O. The summed E-state index contributed by atoms with van der Waals surface area (Å²) in [6, 6.07) is 17.3. The third kappa shape index (κ3) is 4.04. The molecule has 0 radical (unpaired) electrons. The van der Waals surface area contributed by atoms with Gasteiger partial charge in [-0.25, -0.2) is 0 Å². The van der Waals surface area contributed by atoms with E-state index >= 15 is 0 Å². The Bertz CT molecular complexity index is 813. The fraction of sp³-hybridized carbons (Fsp3) is 0. The zero-order valence-electron chi connectivity index (χ0n) is 12.3. The Hall–Kier alpha value is -3.41. The molecule has 3 aromatic rings. The van der Waals surface area contributed by atoms with Crippen molar-refractivity contribution < 1.29 is 4.74 Å². The largest absolute Gasteiger partial charge is 0.457 e. The van der Waals surface area contributed by atoms with Crippen LogP contribution in [0.4, 0.5) is 11.9 Å². The van der Waals surface area contributed by atoms with Crippen LogP contribution in [0.1, 0.15) is 11.4 Å². The van der Waals surface area contributed by atoms with Crippen molar-refractivity contribution in [2.75, 3.05) is 11.5 Å². The molecule has 0 atom stereocenters. The molecule has 4 N–H and O–H groups in total. The number of nitrogens with two attached hydrogens (primary N) is 2. The van der Waals surface area contributed by atoms with Crippen LogP contribution in [0.2, 0.25) is 0 Å². The van der Waals surface area contributed by atoms with Crippen molar-refractivity contribution in [2.45, 2.75) is 0 Å². The number of hydrogen-bond donors (Lipinski definition) is 2. The predicted molar refractivity (Wildman–Crippen MR) is 90.5 cm³/mol. The normalized spacial score (nSPS) is 10.8. The SMILES string of the molecule is Nc1nc(N)nc(/C=C/c2cccc(Oc3ccccc3)c2)n1. The summed E-state index contributed by atoms with van der Waals surface area (Å²) in [5.74, 6) is 2.13. The van der Waals surface area contributed by atoms with Gasteiger partial charge in [0, 0.05) is 0 Å². The molecule has 0 aliphatic heterocycles. The zero-order valence-corrected chi connectivity index (χ0v) is 12.3. The number of hydrogen-bond acceptors (Lipinski definition) is 6. The van der Waals surface area contributed by atoms with Gasteiger partial charge in [0.25, 0.3) is 0 Å². The Morgan fingerprint density at radius 1 is 0.739 bits per heavy atom. The Labute approximate surface area is 133 Å². The molecule has 0 fully saturated rings. The van der Waals surface area contributed by atoms with Crippen molar-refractivity contribution in [1.29, 1.82) is 0 Å². The highest BCUT2D eigenvalue weighted by Gasteiger charge is 1.99. The average Bonchev–Trinajstić information content (AvgIpc) is 2.53. The quantitative estimate of drug-likeness (QED) is 0.768. The van der Waals surface area contributed by atoms with Gasteiger partial charge >= 0.3 is 0 Å². The van der Waals surface area contributed by atoms with Gasteiger partial charge in [-0.2, -0.15) is 15.0 Å². The Morgan fingerprint density at radius 2 is 1.43 bits per heavy atom. The predicted octanol–water partition coefficient (Wildman–Crippen LogP) is 3.00. The maximum absolute atomic E-state index is 5.79. The molecule has 0 bridgehead atoms. The first kappa shape index (κ1) is 14.5. The summed E-state index contributed by atoms with van der Waals surface area (Å²) in [6.45, 7) is 0. The van der Waals surface area contributed by atoms with Gasteiger partial charge in [-0.3, -0.25) is 0 Å². The van der Waals surface area contributed by atoms with Crippen molar-refractivity contribution in [3.63, 3.8) is 0 Å². The van der Waals surface area contributed by atoms with E-state index in [9.17, 15) is 0 Å². The van der Waals surface area contributed by atoms with Gasteiger partial charge in [0.15, 0.2) is 5.82 Å². The van der Waals surface area contributed by atoms with E-state index in [2.05, 4.69) is 15.0 Å². The van der Waals surface area contributed by atoms with Crippen LogP contribution >= 0.6 is 0 Å². The van der Waals surface area contributed by atoms with E-state index in [1.807, 2.05) is 60.7 Å². The van der Waals surface area contributed by atoms with Crippen molar-refractivity contribution in [3.05, 3.63) is 66.0 Å². The minimum absolute atomic E-state index is 0.0957. The van der Waals surface area contributed by atoms with E-state index in [0.29, 0.717) is 5.82 Å². The number of aromatic nitrogens is 3. The van der Waals surface area contributed by atoms with Gasteiger partial charge in [0.05, 0.1) is 0 Å². The van der Waals surface area contributed by atoms with Gasteiger partial charge < -0.3 is 16.2 Å². The third-order valence-electron chi connectivity index (χ3n) is 2.95. The molecule has 0 spiro atoms. The molecule has 0 aliphatic carbocycles. The van der Waals surface area contributed by atoms with E-state index < -0.39 is 0 Å². The van der Waals surface area contributed by atoms with Gasteiger partial charge in [0.1, 0.15) is 11.5 Å². The summed E-state index contributed by atoms with van der Waals surface area (Å²) in [5, 5.41) is 0. The molecule has 0 saturated carbocycles. The van der Waals surface area contributed by atoms with Crippen LogP contribution in [-0.4, -0.2) is 15.0 Å². The van der Waals surface area contributed by atoms with Crippen LogP contribution in [0.25, 0.3) is 12.2 Å². The van der Waals surface area contributed by atoms with Crippen LogP contribution < -0.4 is 16.2 Å². The summed E-state index contributed by atoms with van der Waals surface area (Å²) in [6.07, 6.45) is 3.57. The monoisotopic (exact) mass is 305 g/mol. The van der Waals surface area contributed by atoms with Gasteiger partial charge in [-0.1, -0.05) is 36.4 Å². The Kier molecular flexibility index (Phi) is 4.15. The lowest BCUT2D eigenvalue weighted by Gasteiger charge is -2.05. The molecule has 6 nitrogen and oxygen atoms in total. The van der Waals surface area contributed by atoms with Crippen molar-refractivity contribution in [3.8, 4) is 11.5 Å². The minimum atomic E-state index is 0.0957.